The molecule has 0 atom stereocenters. The van der Waals surface area contributed by atoms with Crippen LogP contribution in [-0.2, 0) is 6.61 Å². The molecule has 0 saturated heterocycles. The summed E-state index contributed by atoms with van der Waals surface area (Å²) < 4.78 is 11.2. The van der Waals surface area contributed by atoms with Gasteiger partial charge in [-0.1, -0.05) is 36.9 Å². The molecule has 0 aliphatic heterocycles. The average Bonchev–Trinajstić information content (AvgIpc) is 2.95. The van der Waals surface area contributed by atoms with Crippen molar-refractivity contribution in [3.05, 3.63) is 47.1 Å². The summed E-state index contributed by atoms with van der Waals surface area (Å²) in [6, 6.07) is 8.37. The topological polar surface area (TPSA) is 35.3 Å². The van der Waals surface area contributed by atoms with Gasteiger partial charge in [0, 0.05) is 12.0 Å². The van der Waals surface area contributed by atoms with Crippen LogP contribution in [0, 0.1) is 6.07 Å². The molecule has 3 nitrogen and oxygen atoms in total. The number of rotatable bonds is 4. The number of oxazole rings is 1. The van der Waals surface area contributed by atoms with Crippen LogP contribution in [0.5, 0.6) is 5.75 Å². The first-order valence-electron chi connectivity index (χ1n) is 7.06. The van der Waals surface area contributed by atoms with Crippen molar-refractivity contribution >= 4 is 11.6 Å². The number of ether oxygens (including phenoxy) is 1. The lowest BCUT2D eigenvalue weighted by atomic mass is 9.89. The number of aromatic nitrogens is 1. The van der Waals surface area contributed by atoms with E-state index in [0.717, 1.165) is 11.6 Å². The molecule has 1 heterocycles. The number of halogens is 1. The summed E-state index contributed by atoms with van der Waals surface area (Å²) in [6.07, 6.45) is 7.94. The molecule has 2 aromatic rings. The van der Waals surface area contributed by atoms with Crippen LogP contribution >= 0.6 is 11.6 Å². The number of hydrogen-bond acceptors (Lipinski definition) is 3. The van der Waals surface area contributed by atoms with Gasteiger partial charge in [-0.3, -0.25) is 0 Å². The Morgan fingerprint density at radius 1 is 1.30 bits per heavy atom. The van der Waals surface area contributed by atoms with Crippen molar-refractivity contribution in [3.8, 4) is 5.75 Å². The highest BCUT2D eigenvalue weighted by molar-refractivity contribution is 6.30. The molecule has 1 aliphatic carbocycles. The minimum Gasteiger partial charge on any atom is -0.486 e. The van der Waals surface area contributed by atoms with Crippen molar-refractivity contribution in [1.82, 2.24) is 4.98 Å². The van der Waals surface area contributed by atoms with Gasteiger partial charge in [0.15, 0.2) is 5.89 Å². The van der Waals surface area contributed by atoms with Crippen molar-refractivity contribution < 1.29 is 9.15 Å². The summed E-state index contributed by atoms with van der Waals surface area (Å²) in [7, 11) is 0. The molecule has 1 saturated carbocycles. The Kier molecular flexibility index (Phi) is 4.26. The lowest BCUT2D eigenvalue weighted by Gasteiger charge is -2.17. The smallest absolute Gasteiger partial charge is 0.197 e. The zero-order chi connectivity index (χ0) is 13.8. The molecule has 0 spiro atoms. The van der Waals surface area contributed by atoms with E-state index in [-0.39, 0.29) is 0 Å². The Morgan fingerprint density at radius 3 is 2.95 bits per heavy atom. The van der Waals surface area contributed by atoms with Crippen LogP contribution in [0.2, 0.25) is 5.02 Å². The summed E-state index contributed by atoms with van der Waals surface area (Å²) in [5.74, 6) is 1.97. The quantitative estimate of drug-likeness (QED) is 0.814. The second kappa shape index (κ2) is 6.31. The Bertz CT molecular complexity index is 561. The van der Waals surface area contributed by atoms with Crippen LogP contribution in [-0.4, -0.2) is 4.98 Å². The van der Waals surface area contributed by atoms with E-state index in [1.165, 1.54) is 32.1 Å². The highest BCUT2D eigenvalue weighted by Gasteiger charge is 2.20. The van der Waals surface area contributed by atoms with Gasteiger partial charge in [0.1, 0.15) is 24.3 Å². The normalized spacial score (nSPS) is 16.2. The van der Waals surface area contributed by atoms with E-state index in [9.17, 15) is 0 Å². The SMILES string of the molecule is Clc1[c]c(OCc2coc(C3CCCCC3)n2)ccc1. The average molecular weight is 291 g/mol. The molecule has 20 heavy (non-hydrogen) atoms. The van der Waals surface area contributed by atoms with Gasteiger partial charge in [0.2, 0.25) is 0 Å². The number of benzene rings is 1. The third-order valence-electron chi connectivity index (χ3n) is 3.63. The molecular formula is C16H17ClNO2. The van der Waals surface area contributed by atoms with Crippen molar-refractivity contribution in [3.63, 3.8) is 0 Å². The molecule has 1 aromatic carbocycles. The van der Waals surface area contributed by atoms with E-state index in [1.807, 2.05) is 12.1 Å². The van der Waals surface area contributed by atoms with E-state index in [4.69, 9.17) is 20.8 Å². The molecule has 0 unspecified atom stereocenters. The summed E-state index contributed by atoms with van der Waals surface area (Å²) >= 11 is 5.86. The first kappa shape index (κ1) is 13.5. The predicted molar refractivity (Wildman–Crippen MR) is 76.9 cm³/mol. The zero-order valence-electron chi connectivity index (χ0n) is 11.3. The van der Waals surface area contributed by atoms with Gasteiger partial charge in [-0.2, -0.15) is 0 Å². The van der Waals surface area contributed by atoms with Crippen LogP contribution in [0.1, 0.15) is 49.6 Å². The monoisotopic (exact) mass is 290 g/mol. The van der Waals surface area contributed by atoms with Crippen LogP contribution in [0.4, 0.5) is 0 Å². The van der Waals surface area contributed by atoms with E-state index < -0.39 is 0 Å². The largest absolute Gasteiger partial charge is 0.486 e. The van der Waals surface area contributed by atoms with Crippen LogP contribution < -0.4 is 4.74 Å². The van der Waals surface area contributed by atoms with Gasteiger partial charge >= 0.3 is 0 Å². The molecule has 105 valence electrons. The Balaban J connectivity index is 1.59. The maximum Gasteiger partial charge on any atom is 0.197 e. The van der Waals surface area contributed by atoms with E-state index in [0.29, 0.717) is 23.3 Å². The molecule has 0 bridgehead atoms. The van der Waals surface area contributed by atoms with Crippen LogP contribution in [0.25, 0.3) is 0 Å². The Morgan fingerprint density at radius 2 is 2.15 bits per heavy atom. The minimum atomic E-state index is 0.382. The summed E-state index contributed by atoms with van der Waals surface area (Å²) in [4.78, 5) is 4.53. The van der Waals surface area contributed by atoms with Gasteiger partial charge in [0.05, 0.1) is 5.02 Å². The van der Waals surface area contributed by atoms with Crippen molar-refractivity contribution in [2.45, 2.75) is 44.6 Å². The van der Waals surface area contributed by atoms with E-state index in [1.54, 1.807) is 12.3 Å². The fourth-order valence-corrected chi connectivity index (χ4v) is 2.75. The van der Waals surface area contributed by atoms with Gasteiger partial charge < -0.3 is 9.15 Å². The van der Waals surface area contributed by atoms with Crippen molar-refractivity contribution in [2.24, 2.45) is 0 Å². The molecule has 1 aliphatic rings. The molecule has 3 rings (SSSR count). The summed E-state index contributed by atoms with van der Waals surface area (Å²) in [5.41, 5.74) is 0.818. The predicted octanol–water partition coefficient (Wildman–Crippen LogP) is 4.75. The molecule has 1 aromatic heterocycles. The van der Waals surface area contributed by atoms with Gasteiger partial charge in [-0.15, -0.1) is 0 Å². The summed E-state index contributed by atoms with van der Waals surface area (Å²) in [5, 5.41) is 0.547. The standard InChI is InChI=1S/C16H17ClNO2/c17-13-7-4-8-15(9-13)19-10-14-11-20-16(18-14)12-5-2-1-3-6-12/h4,7-8,11-12H,1-3,5-6,10H2. The third kappa shape index (κ3) is 3.34. The van der Waals surface area contributed by atoms with Gasteiger partial charge in [-0.05, 0) is 25.0 Å². The fraction of sp³-hybridized carbons (Fsp3) is 0.438. The lowest BCUT2D eigenvalue weighted by Crippen LogP contribution is -2.05. The van der Waals surface area contributed by atoms with Gasteiger partial charge in [-0.25, -0.2) is 4.98 Å². The maximum absolute atomic E-state index is 5.86. The molecule has 4 heteroatoms. The molecule has 0 N–H and O–H groups in total. The van der Waals surface area contributed by atoms with Gasteiger partial charge in [0.25, 0.3) is 0 Å². The highest BCUT2D eigenvalue weighted by atomic mass is 35.5. The number of hydrogen-bond donors (Lipinski definition) is 0. The minimum absolute atomic E-state index is 0.382. The second-order valence-corrected chi connectivity index (χ2v) is 5.57. The third-order valence-corrected chi connectivity index (χ3v) is 3.85. The molecule has 1 fully saturated rings. The van der Waals surface area contributed by atoms with Crippen LogP contribution in [0.3, 0.4) is 0 Å². The second-order valence-electron chi connectivity index (χ2n) is 5.16. The fourth-order valence-electron chi connectivity index (χ4n) is 2.58. The Hall–Kier alpha value is -1.48. The van der Waals surface area contributed by atoms with E-state index in [2.05, 4.69) is 11.1 Å². The highest BCUT2D eigenvalue weighted by Crippen LogP contribution is 2.32. The van der Waals surface area contributed by atoms with Crippen LogP contribution in [0.15, 0.2) is 28.9 Å². The maximum atomic E-state index is 5.86. The lowest BCUT2D eigenvalue weighted by molar-refractivity contribution is 0.300. The molecule has 1 radical (unpaired) electrons. The van der Waals surface area contributed by atoms with Crippen molar-refractivity contribution in [1.29, 1.82) is 0 Å². The Labute approximate surface area is 123 Å². The zero-order valence-corrected chi connectivity index (χ0v) is 12.0. The number of nitrogens with zero attached hydrogens (tertiary/aromatic N) is 1. The van der Waals surface area contributed by atoms with E-state index >= 15 is 0 Å². The first-order valence-corrected chi connectivity index (χ1v) is 7.44. The molecular weight excluding hydrogens is 274 g/mol. The molecule has 0 amide bonds. The first-order chi connectivity index (χ1) is 9.81. The summed E-state index contributed by atoms with van der Waals surface area (Å²) in [6.45, 7) is 0.382. The van der Waals surface area contributed by atoms with Crippen molar-refractivity contribution in [2.75, 3.05) is 0 Å².